The van der Waals surface area contributed by atoms with Gasteiger partial charge in [0.15, 0.2) is 0 Å². The topological polar surface area (TPSA) is 43.8 Å². The monoisotopic (exact) mass is 283 g/mol. The molecular weight excluding hydrogens is 269 g/mol. The highest BCUT2D eigenvalue weighted by Gasteiger charge is 2.18. The molecule has 0 bridgehead atoms. The molecular formula is C13H15Cl2N3. The molecule has 2 aromatic rings. The van der Waals surface area contributed by atoms with E-state index < -0.39 is 0 Å². The lowest BCUT2D eigenvalue weighted by molar-refractivity contribution is 0.356. The molecule has 0 spiro atoms. The summed E-state index contributed by atoms with van der Waals surface area (Å²) >= 11 is 11.9. The minimum absolute atomic E-state index is 0.109. The molecule has 1 aromatic carbocycles. The minimum atomic E-state index is -0.109. The number of nitrogens with two attached hydrogens (primary N) is 1. The predicted octanol–water partition coefficient (Wildman–Crippen LogP) is 4.19. The molecule has 0 radical (unpaired) electrons. The van der Waals surface area contributed by atoms with E-state index in [1.807, 2.05) is 16.9 Å². The van der Waals surface area contributed by atoms with Crippen molar-refractivity contribution in [2.24, 2.45) is 0 Å². The molecule has 0 fully saturated rings. The van der Waals surface area contributed by atoms with Gasteiger partial charge in [0, 0.05) is 11.8 Å². The second-order valence-electron chi connectivity index (χ2n) is 5.18. The quantitative estimate of drug-likeness (QED) is 0.853. The normalized spacial score (nSPS) is 11.8. The van der Waals surface area contributed by atoms with Crippen LogP contribution in [0.25, 0.3) is 11.3 Å². The van der Waals surface area contributed by atoms with Gasteiger partial charge in [-0.1, -0.05) is 29.3 Å². The van der Waals surface area contributed by atoms with Crippen molar-refractivity contribution < 1.29 is 0 Å². The first kappa shape index (κ1) is 13.2. The van der Waals surface area contributed by atoms with Gasteiger partial charge in [-0.3, -0.25) is 4.68 Å². The van der Waals surface area contributed by atoms with Gasteiger partial charge < -0.3 is 5.73 Å². The van der Waals surface area contributed by atoms with Gasteiger partial charge in [0.1, 0.15) is 5.69 Å². The van der Waals surface area contributed by atoms with Gasteiger partial charge in [0.2, 0.25) is 0 Å². The van der Waals surface area contributed by atoms with Gasteiger partial charge in [-0.2, -0.15) is 5.10 Å². The van der Waals surface area contributed by atoms with E-state index in [-0.39, 0.29) is 5.54 Å². The number of hydrogen-bond acceptors (Lipinski definition) is 2. The predicted molar refractivity (Wildman–Crippen MR) is 77.1 cm³/mol. The van der Waals surface area contributed by atoms with Crippen molar-refractivity contribution in [3.8, 4) is 11.3 Å². The molecule has 0 amide bonds. The van der Waals surface area contributed by atoms with Crippen LogP contribution in [0.2, 0.25) is 10.0 Å². The molecule has 1 heterocycles. The summed E-state index contributed by atoms with van der Waals surface area (Å²) in [6.45, 7) is 6.20. The fourth-order valence-corrected chi connectivity index (χ4v) is 1.90. The molecule has 0 aliphatic heterocycles. The van der Waals surface area contributed by atoms with Crippen LogP contribution < -0.4 is 5.73 Å². The van der Waals surface area contributed by atoms with E-state index in [1.54, 1.807) is 12.1 Å². The molecule has 3 nitrogen and oxygen atoms in total. The maximum atomic E-state index is 6.01. The van der Waals surface area contributed by atoms with Crippen molar-refractivity contribution in [1.29, 1.82) is 0 Å². The number of anilines is 1. The summed E-state index contributed by atoms with van der Waals surface area (Å²) in [6, 6.07) is 5.38. The maximum absolute atomic E-state index is 6.01. The largest absolute Gasteiger partial charge is 0.396 e. The van der Waals surface area contributed by atoms with E-state index in [0.717, 1.165) is 11.3 Å². The van der Waals surface area contributed by atoms with E-state index in [1.165, 1.54) is 0 Å². The summed E-state index contributed by atoms with van der Waals surface area (Å²) in [6.07, 6.45) is 1.83. The zero-order valence-electron chi connectivity index (χ0n) is 10.5. The van der Waals surface area contributed by atoms with Gasteiger partial charge >= 0.3 is 0 Å². The minimum Gasteiger partial charge on any atom is -0.396 e. The molecule has 2 rings (SSSR count). The van der Waals surface area contributed by atoms with Crippen molar-refractivity contribution in [1.82, 2.24) is 9.78 Å². The van der Waals surface area contributed by atoms with E-state index in [0.29, 0.717) is 15.7 Å². The van der Waals surface area contributed by atoms with Crippen molar-refractivity contribution in [2.45, 2.75) is 26.3 Å². The van der Waals surface area contributed by atoms with E-state index in [9.17, 15) is 0 Å². The van der Waals surface area contributed by atoms with E-state index in [2.05, 4.69) is 25.9 Å². The van der Waals surface area contributed by atoms with Crippen molar-refractivity contribution in [3.63, 3.8) is 0 Å². The third-order valence-electron chi connectivity index (χ3n) is 2.62. The Kier molecular flexibility index (Phi) is 3.30. The Hall–Kier alpha value is -1.19. The number of halogens is 2. The number of nitrogen functional groups attached to an aromatic ring is 1. The molecule has 96 valence electrons. The second kappa shape index (κ2) is 4.48. The van der Waals surface area contributed by atoms with Gasteiger partial charge in [0.25, 0.3) is 0 Å². The van der Waals surface area contributed by atoms with Gasteiger partial charge in [-0.15, -0.1) is 0 Å². The number of rotatable bonds is 1. The van der Waals surface area contributed by atoms with Crippen LogP contribution in [0.15, 0.2) is 24.4 Å². The Morgan fingerprint density at radius 1 is 1.17 bits per heavy atom. The lowest BCUT2D eigenvalue weighted by Crippen LogP contribution is -2.22. The first-order valence-corrected chi connectivity index (χ1v) is 6.35. The lowest BCUT2D eigenvalue weighted by Gasteiger charge is -2.18. The van der Waals surface area contributed by atoms with Crippen LogP contribution in [0.1, 0.15) is 20.8 Å². The van der Waals surface area contributed by atoms with Crippen LogP contribution in [0.4, 0.5) is 5.69 Å². The Balaban J connectivity index is 2.51. The standard InChI is InChI=1S/C13H15Cl2N3/c1-13(2,3)18-7-11(16)12(17-18)8-4-5-9(14)10(15)6-8/h4-7H,16H2,1-3H3. The van der Waals surface area contributed by atoms with Crippen LogP contribution in [-0.2, 0) is 5.54 Å². The summed E-state index contributed by atoms with van der Waals surface area (Å²) in [5.74, 6) is 0. The van der Waals surface area contributed by atoms with Crippen LogP contribution in [0.3, 0.4) is 0 Å². The number of nitrogens with zero attached hydrogens (tertiary/aromatic N) is 2. The average Bonchev–Trinajstić information content (AvgIpc) is 2.64. The third kappa shape index (κ3) is 2.47. The van der Waals surface area contributed by atoms with E-state index >= 15 is 0 Å². The van der Waals surface area contributed by atoms with Crippen molar-refractivity contribution in [3.05, 3.63) is 34.4 Å². The Bertz CT molecular complexity index is 582. The first-order valence-electron chi connectivity index (χ1n) is 5.60. The van der Waals surface area contributed by atoms with Crippen LogP contribution >= 0.6 is 23.2 Å². The molecule has 0 atom stereocenters. The summed E-state index contributed by atoms with van der Waals surface area (Å²) in [7, 11) is 0. The zero-order valence-corrected chi connectivity index (χ0v) is 12.0. The zero-order chi connectivity index (χ0) is 13.5. The second-order valence-corrected chi connectivity index (χ2v) is 5.99. The number of benzene rings is 1. The molecule has 18 heavy (non-hydrogen) atoms. The Morgan fingerprint density at radius 2 is 1.83 bits per heavy atom. The molecule has 0 unspecified atom stereocenters. The van der Waals surface area contributed by atoms with Crippen molar-refractivity contribution in [2.75, 3.05) is 5.73 Å². The molecule has 0 aliphatic rings. The summed E-state index contributed by atoms with van der Waals surface area (Å²) in [5.41, 5.74) is 8.11. The Labute approximate surface area is 117 Å². The lowest BCUT2D eigenvalue weighted by atomic mass is 10.1. The fraction of sp³-hybridized carbons (Fsp3) is 0.308. The highest BCUT2D eigenvalue weighted by atomic mass is 35.5. The summed E-state index contributed by atoms with van der Waals surface area (Å²) < 4.78 is 1.85. The smallest absolute Gasteiger partial charge is 0.115 e. The first-order chi connectivity index (χ1) is 8.29. The molecule has 5 heteroatoms. The number of hydrogen-bond donors (Lipinski definition) is 1. The highest BCUT2D eigenvalue weighted by Crippen LogP contribution is 2.31. The van der Waals surface area contributed by atoms with Crippen LogP contribution in [0, 0.1) is 0 Å². The van der Waals surface area contributed by atoms with Crippen LogP contribution in [0.5, 0.6) is 0 Å². The molecule has 0 aliphatic carbocycles. The van der Waals surface area contributed by atoms with E-state index in [4.69, 9.17) is 28.9 Å². The average molecular weight is 284 g/mol. The molecule has 0 saturated carbocycles. The van der Waals surface area contributed by atoms with Gasteiger partial charge in [0.05, 0.1) is 21.3 Å². The summed E-state index contributed by atoms with van der Waals surface area (Å²) in [4.78, 5) is 0. The van der Waals surface area contributed by atoms with Crippen LogP contribution in [-0.4, -0.2) is 9.78 Å². The Morgan fingerprint density at radius 3 is 2.33 bits per heavy atom. The number of aromatic nitrogens is 2. The highest BCUT2D eigenvalue weighted by molar-refractivity contribution is 6.42. The van der Waals surface area contributed by atoms with Gasteiger partial charge in [-0.05, 0) is 32.9 Å². The maximum Gasteiger partial charge on any atom is 0.115 e. The van der Waals surface area contributed by atoms with Gasteiger partial charge in [-0.25, -0.2) is 0 Å². The third-order valence-corrected chi connectivity index (χ3v) is 3.36. The molecule has 2 N–H and O–H groups in total. The summed E-state index contributed by atoms with van der Waals surface area (Å²) in [5, 5.41) is 5.53. The SMILES string of the molecule is CC(C)(C)n1cc(N)c(-c2ccc(Cl)c(Cl)c2)n1. The van der Waals surface area contributed by atoms with Crippen molar-refractivity contribution >= 4 is 28.9 Å². The fourth-order valence-electron chi connectivity index (χ4n) is 1.60. The molecule has 0 saturated heterocycles. The molecule has 1 aromatic heterocycles.